The molecule has 1 aromatic carbocycles. The van der Waals surface area contributed by atoms with Crippen LogP contribution in [0.3, 0.4) is 0 Å². The lowest BCUT2D eigenvalue weighted by Gasteiger charge is -2.30. The number of hydrogen-bond donors (Lipinski definition) is 1. The Morgan fingerprint density at radius 3 is 2.97 bits per heavy atom. The largest absolute Gasteiger partial charge is 0.378 e. The quantitative estimate of drug-likeness (QED) is 0.721. The number of nitrogens with zero attached hydrogens (tertiary/aromatic N) is 4. The number of aromatic nitrogens is 3. The predicted molar refractivity (Wildman–Crippen MR) is 113 cm³/mol. The Bertz CT molecular complexity index is 1190. The van der Waals surface area contributed by atoms with Gasteiger partial charge in [-0.3, -0.25) is 9.78 Å². The van der Waals surface area contributed by atoms with Gasteiger partial charge < -0.3 is 14.6 Å². The first-order valence-electron chi connectivity index (χ1n) is 10.6. The molecule has 0 spiro atoms. The number of carbonyl (C=O) groups is 1. The monoisotopic (exact) mass is 403 g/mol. The zero-order chi connectivity index (χ0) is 20.9. The van der Waals surface area contributed by atoms with Crippen LogP contribution in [0.5, 0.6) is 0 Å². The highest BCUT2D eigenvalue weighted by Gasteiger charge is 2.39. The fourth-order valence-electron chi connectivity index (χ4n) is 4.46. The van der Waals surface area contributed by atoms with Crippen LogP contribution in [0.25, 0.3) is 21.9 Å². The molecular formula is C23H25N5O2. The van der Waals surface area contributed by atoms with E-state index >= 15 is 0 Å². The average Bonchev–Trinajstić information content (AvgIpc) is 3.32. The lowest BCUT2D eigenvalue weighted by molar-refractivity contribution is -0.121. The molecule has 2 aliphatic rings. The minimum absolute atomic E-state index is 0.00152. The Morgan fingerprint density at radius 1 is 1.40 bits per heavy atom. The smallest absolute Gasteiger partial charge is 0.228 e. The van der Waals surface area contributed by atoms with Crippen LogP contribution < -0.4 is 5.32 Å². The van der Waals surface area contributed by atoms with Gasteiger partial charge in [-0.1, -0.05) is 0 Å². The summed E-state index contributed by atoms with van der Waals surface area (Å²) in [5.41, 5.74) is 3.07. The van der Waals surface area contributed by atoms with Gasteiger partial charge in [0.2, 0.25) is 5.91 Å². The van der Waals surface area contributed by atoms with Crippen LogP contribution in [0.15, 0.2) is 24.4 Å². The molecule has 0 radical (unpaired) electrons. The van der Waals surface area contributed by atoms with Crippen molar-refractivity contribution in [1.82, 2.24) is 19.9 Å². The second-order valence-corrected chi connectivity index (χ2v) is 8.88. The lowest BCUT2D eigenvalue weighted by Crippen LogP contribution is -2.36. The standard InChI is InChI=1S/C23H25N5O2/c1-14-9-16(5-8-30-14)28-20(11-21(29)27-23(2)6-7-23)26-19-13-25-18-4-3-15(12-24)10-17(18)22(19)28/h3-4,10,13-14,16H,5-9,11H2,1-2H3,(H,27,29)/t14-,16-/m1/s1. The molecule has 1 N–H and O–H groups in total. The topological polar surface area (TPSA) is 92.8 Å². The van der Waals surface area contributed by atoms with Crippen molar-refractivity contribution in [3.05, 3.63) is 35.8 Å². The number of carbonyl (C=O) groups excluding carboxylic acids is 1. The molecule has 7 nitrogen and oxygen atoms in total. The van der Waals surface area contributed by atoms with E-state index in [1.165, 1.54) is 0 Å². The van der Waals surface area contributed by atoms with Gasteiger partial charge in [0.15, 0.2) is 0 Å². The summed E-state index contributed by atoms with van der Waals surface area (Å²) in [6.45, 7) is 4.84. The van der Waals surface area contributed by atoms with E-state index < -0.39 is 0 Å². The van der Waals surface area contributed by atoms with Crippen molar-refractivity contribution in [1.29, 1.82) is 5.26 Å². The van der Waals surface area contributed by atoms with Gasteiger partial charge in [0.1, 0.15) is 11.3 Å². The summed E-state index contributed by atoms with van der Waals surface area (Å²) in [7, 11) is 0. The van der Waals surface area contributed by atoms with Gasteiger partial charge in [-0.15, -0.1) is 0 Å². The fraction of sp³-hybridized carbons (Fsp3) is 0.478. The van der Waals surface area contributed by atoms with Crippen LogP contribution in [0, 0.1) is 11.3 Å². The molecule has 3 aromatic rings. The van der Waals surface area contributed by atoms with Crippen LogP contribution in [-0.2, 0) is 16.0 Å². The number of hydrogen-bond acceptors (Lipinski definition) is 5. The molecule has 1 saturated heterocycles. The molecular weight excluding hydrogens is 378 g/mol. The van der Waals surface area contributed by atoms with E-state index in [2.05, 4.69) is 34.8 Å². The summed E-state index contributed by atoms with van der Waals surface area (Å²) < 4.78 is 7.99. The molecule has 0 unspecified atom stereocenters. The second-order valence-electron chi connectivity index (χ2n) is 8.88. The molecule has 2 fully saturated rings. The Hall–Kier alpha value is -2.98. The minimum atomic E-state index is -0.0585. The Balaban J connectivity index is 1.66. The number of amides is 1. The molecule has 5 rings (SSSR count). The molecule has 1 saturated carbocycles. The first-order chi connectivity index (χ1) is 14.5. The summed E-state index contributed by atoms with van der Waals surface area (Å²) in [6, 6.07) is 7.94. The van der Waals surface area contributed by atoms with Crippen LogP contribution >= 0.6 is 0 Å². The highest BCUT2D eigenvalue weighted by Crippen LogP contribution is 2.36. The van der Waals surface area contributed by atoms with Gasteiger partial charge >= 0.3 is 0 Å². The molecule has 2 atom stereocenters. The van der Waals surface area contributed by atoms with Gasteiger partial charge in [0, 0.05) is 23.6 Å². The third-order valence-corrected chi connectivity index (χ3v) is 6.30. The van der Waals surface area contributed by atoms with Crippen molar-refractivity contribution in [2.75, 3.05) is 6.61 Å². The minimum Gasteiger partial charge on any atom is -0.378 e. The molecule has 30 heavy (non-hydrogen) atoms. The average molecular weight is 403 g/mol. The van der Waals surface area contributed by atoms with Gasteiger partial charge in [0.05, 0.1) is 41.4 Å². The maximum atomic E-state index is 12.8. The third kappa shape index (κ3) is 3.41. The molecule has 1 amide bonds. The number of fused-ring (bicyclic) bond motifs is 3. The summed E-state index contributed by atoms with van der Waals surface area (Å²) in [4.78, 5) is 22.1. The van der Waals surface area contributed by atoms with E-state index in [-0.39, 0.29) is 30.0 Å². The lowest BCUT2D eigenvalue weighted by atomic mass is 10.0. The first kappa shape index (κ1) is 19.0. The number of nitriles is 1. The maximum absolute atomic E-state index is 12.8. The van der Waals surface area contributed by atoms with Crippen LogP contribution in [0.2, 0.25) is 0 Å². The van der Waals surface area contributed by atoms with Crippen LogP contribution in [-0.4, -0.2) is 38.7 Å². The second kappa shape index (κ2) is 7.06. The molecule has 1 aliphatic carbocycles. The van der Waals surface area contributed by atoms with Crippen molar-refractivity contribution < 1.29 is 9.53 Å². The van der Waals surface area contributed by atoms with Crippen LogP contribution in [0.4, 0.5) is 0 Å². The number of nitrogens with one attached hydrogen (secondary N) is 1. The van der Waals surface area contributed by atoms with E-state index in [0.717, 1.165) is 53.4 Å². The van der Waals surface area contributed by atoms with Crippen molar-refractivity contribution in [3.63, 3.8) is 0 Å². The highest BCUT2D eigenvalue weighted by atomic mass is 16.5. The summed E-state index contributed by atoms with van der Waals surface area (Å²) in [6.07, 6.45) is 5.93. The Morgan fingerprint density at radius 2 is 2.23 bits per heavy atom. The first-order valence-corrected chi connectivity index (χ1v) is 10.6. The summed E-state index contributed by atoms with van der Waals surface area (Å²) >= 11 is 0. The van der Waals surface area contributed by atoms with Gasteiger partial charge in [-0.05, 0) is 57.7 Å². The molecule has 2 aromatic heterocycles. The number of imidazole rings is 1. The molecule has 0 bridgehead atoms. The van der Waals surface area contributed by atoms with E-state index in [9.17, 15) is 10.1 Å². The molecule has 154 valence electrons. The van der Waals surface area contributed by atoms with Crippen molar-refractivity contribution in [3.8, 4) is 6.07 Å². The predicted octanol–water partition coefficient (Wildman–Crippen LogP) is 3.41. The fourth-order valence-corrected chi connectivity index (χ4v) is 4.46. The van der Waals surface area contributed by atoms with E-state index in [1.54, 1.807) is 12.3 Å². The number of benzene rings is 1. The Labute approximate surface area is 175 Å². The van der Waals surface area contributed by atoms with Gasteiger partial charge in [-0.25, -0.2) is 4.98 Å². The van der Waals surface area contributed by atoms with Crippen molar-refractivity contribution in [2.24, 2.45) is 0 Å². The summed E-state index contributed by atoms with van der Waals surface area (Å²) in [5, 5.41) is 13.4. The Kier molecular flexibility index (Phi) is 4.48. The molecule has 1 aliphatic heterocycles. The van der Waals surface area contributed by atoms with Crippen molar-refractivity contribution in [2.45, 2.75) is 63.6 Å². The number of rotatable bonds is 4. The number of ether oxygens (including phenoxy) is 1. The SMILES string of the molecule is C[C@@H]1C[C@H](n2c(CC(=O)NC3(C)CC3)nc3cnc4ccc(C#N)cc4c32)CCO1. The normalized spacial score (nSPS) is 22.7. The van der Waals surface area contributed by atoms with Crippen molar-refractivity contribution >= 4 is 27.8 Å². The van der Waals surface area contributed by atoms with E-state index in [4.69, 9.17) is 9.72 Å². The molecule has 3 heterocycles. The zero-order valence-corrected chi connectivity index (χ0v) is 17.3. The summed E-state index contributed by atoms with van der Waals surface area (Å²) in [5.74, 6) is 0.754. The highest BCUT2D eigenvalue weighted by molar-refractivity contribution is 6.03. The van der Waals surface area contributed by atoms with E-state index in [1.807, 2.05) is 12.1 Å². The third-order valence-electron chi connectivity index (χ3n) is 6.30. The van der Waals surface area contributed by atoms with Gasteiger partial charge in [-0.2, -0.15) is 5.26 Å². The van der Waals surface area contributed by atoms with Gasteiger partial charge in [0.25, 0.3) is 0 Å². The maximum Gasteiger partial charge on any atom is 0.228 e. The molecule has 7 heteroatoms. The van der Waals surface area contributed by atoms with E-state index in [0.29, 0.717) is 12.2 Å². The zero-order valence-electron chi connectivity index (χ0n) is 17.3. The number of pyridine rings is 1. The van der Waals surface area contributed by atoms with Crippen LogP contribution in [0.1, 0.15) is 57.0 Å².